The van der Waals surface area contributed by atoms with E-state index in [4.69, 9.17) is 5.11 Å². The third-order valence-corrected chi connectivity index (χ3v) is 4.86. The number of aliphatic carboxylic acids is 1. The van der Waals surface area contributed by atoms with E-state index in [0.717, 1.165) is 4.31 Å². The summed E-state index contributed by atoms with van der Waals surface area (Å²) in [6.07, 6.45) is 1.92. The lowest BCUT2D eigenvalue weighted by Gasteiger charge is -2.24. The zero-order valence-electron chi connectivity index (χ0n) is 11.5. The summed E-state index contributed by atoms with van der Waals surface area (Å²) < 4.78 is 27.4. The van der Waals surface area contributed by atoms with Crippen LogP contribution >= 0.6 is 0 Å². The smallest absolute Gasteiger partial charge is 0.318 e. The molecule has 7 nitrogen and oxygen atoms in total. The molecule has 0 aliphatic carbocycles. The van der Waals surface area contributed by atoms with Gasteiger partial charge in [-0.3, -0.25) is 4.79 Å². The average Bonchev–Trinajstić information content (AvgIpc) is 2.66. The summed E-state index contributed by atoms with van der Waals surface area (Å²) >= 11 is 0. The van der Waals surface area contributed by atoms with E-state index in [-0.39, 0.29) is 5.03 Å². The molecule has 108 valence electrons. The molecule has 1 aromatic heterocycles. The van der Waals surface area contributed by atoms with E-state index < -0.39 is 28.6 Å². The van der Waals surface area contributed by atoms with Crippen molar-refractivity contribution in [2.45, 2.75) is 38.3 Å². The van der Waals surface area contributed by atoms with E-state index in [1.807, 2.05) is 0 Å². The first-order chi connectivity index (χ1) is 8.70. The van der Waals surface area contributed by atoms with Crippen molar-refractivity contribution in [1.82, 2.24) is 13.9 Å². The van der Waals surface area contributed by atoms with Crippen LogP contribution in [0.5, 0.6) is 0 Å². The van der Waals surface area contributed by atoms with Gasteiger partial charge in [0, 0.05) is 19.3 Å². The second-order valence-electron chi connectivity index (χ2n) is 4.44. The molecule has 1 unspecified atom stereocenters. The Bertz CT molecular complexity index is 545. The summed E-state index contributed by atoms with van der Waals surface area (Å²) in [4.78, 5) is 14.8. The number of carboxylic acid groups (broad SMARTS) is 1. The Labute approximate surface area is 112 Å². The van der Waals surface area contributed by atoms with Crippen molar-refractivity contribution in [3.8, 4) is 0 Å². The monoisotopic (exact) mass is 289 g/mol. The molecule has 0 amide bonds. The molecule has 0 radical (unpaired) electrons. The summed E-state index contributed by atoms with van der Waals surface area (Å²) in [7, 11) is -2.20. The Morgan fingerprint density at radius 1 is 1.58 bits per heavy atom. The number of rotatable bonds is 6. The van der Waals surface area contributed by atoms with Gasteiger partial charge in [0.05, 0.1) is 0 Å². The minimum atomic E-state index is -3.89. The Hall–Kier alpha value is -1.41. The standard InChI is InChI=1S/C11H19N3O4S/c1-5-8(2)14(7-11(15)16)19(17,18)10-6-13(4)9(3)12-10/h6,8H,5,7H2,1-4H3,(H,15,16). The van der Waals surface area contributed by atoms with Gasteiger partial charge in [-0.1, -0.05) is 6.92 Å². The number of aryl methyl sites for hydroxylation is 2. The van der Waals surface area contributed by atoms with E-state index in [9.17, 15) is 13.2 Å². The van der Waals surface area contributed by atoms with Gasteiger partial charge in [-0.25, -0.2) is 13.4 Å². The van der Waals surface area contributed by atoms with Crippen molar-refractivity contribution in [3.05, 3.63) is 12.0 Å². The summed E-state index contributed by atoms with van der Waals surface area (Å²) in [5.41, 5.74) is 0. The summed E-state index contributed by atoms with van der Waals surface area (Å²) in [6.45, 7) is 4.60. The molecule has 0 aromatic carbocycles. The molecule has 1 heterocycles. The second-order valence-corrected chi connectivity index (χ2v) is 6.28. The fourth-order valence-corrected chi connectivity index (χ4v) is 3.27. The maximum absolute atomic E-state index is 12.4. The second kappa shape index (κ2) is 5.70. The molecule has 1 rings (SSSR count). The summed E-state index contributed by atoms with van der Waals surface area (Å²) in [5, 5.41) is 8.75. The van der Waals surface area contributed by atoms with E-state index in [1.54, 1.807) is 32.4 Å². The van der Waals surface area contributed by atoms with Crippen molar-refractivity contribution in [2.24, 2.45) is 7.05 Å². The fraction of sp³-hybridized carbons (Fsp3) is 0.636. The largest absolute Gasteiger partial charge is 0.480 e. The lowest BCUT2D eigenvalue weighted by Crippen LogP contribution is -2.41. The van der Waals surface area contributed by atoms with E-state index in [2.05, 4.69) is 4.98 Å². The molecule has 0 aliphatic rings. The highest BCUT2D eigenvalue weighted by atomic mass is 32.2. The maximum Gasteiger partial charge on any atom is 0.318 e. The maximum atomic E-state index is 12.4. The molecule has 19 heavy (non-hydrogen) atoms. The Balaban J connectivity index is 3.22. The molecule has 0 saturated carbocycles. The van der Waals surface area contributed by atoms with Crippen molar-refractivity contribution < 1.29 is 18.3 Å². The Kier molecular flexibility index (Phi) is 4.70. The fourth-order valence-electron chi connectivity index (χ4n) is 1.59. The molecule has 0 fully saturated rings. The third-order valence-electron chi connectivity index (χ3n) is 3.03. The molecule has 0 bridgehead atoms. The van der Waals surface area contributed by atoms with Crippen molar-refractivity contribution in [2.75, 3.05) is 6.54 Å². The third kappa shape index (κ3) is 3.32. The van der Waals surface area contributed by atoms with Gasteiger partial charge in [0.25, 0.3) is 10.0 Å². The minimum absolute atomic E-state index is 0.117. The number of carboxylic acids is 1. The number of imidazole rings is 1. The molecule has 1 N–H and O–H groups in total. The topological polar surface area (TPSA) is 92.5 Å². The first-order valence-electron chi connectivity index (χ1n) is 5.93. The van der Waals surface area contributed by atoms with Crippen LogP contribution < -0.4 is 0 Å². The molecule has 0 spiro atoms. The van der Waals surface area contributed by atoms with Crippen LogP contribution in [0.4, 0.5) is 0 Å². The highest BCUT2D eigenvalue weighted by molar-refractivity contribution is 7.89. The predicted molar refractivity (Wildman–Crippen MR) is 69.2 cm³/mol. The van der Waals surface area contributed by atoms with Crippen LogP contribution in [0.3, 0.4) is 0 Å². The molecule has 0 saturated heterocycles. The molecule has 8 heteroatoms. The normalized spacial score (nSPS) is 13.7. The summed E-state index contributed by atoms with van der Waals surface area (Å²) in [5.74, 6) is -0.630. The van der Waals surface area contributed by atoms with Crippen LogP contribution in [0.15, 0.2) is 11.2 Å². The Morgan fingerprint density at radius 2 is 2.16 bits per heavy atom. The predicted octanol–water partition coefficient (Wildman–Crippen LogP) is 0.602. The summed E-state index contributed by atoms with van der Waals surface area (Å²) in [6, 6.07) is -0.400. The number of aromatic nitrogens is 2. The van der Waals surface area contributed by atoms with E-state index >= 15 is 0 Å². The van der Waals surface area contributed by atoms with Crippen LogP contribution in [0.1, 0.15) is 26.1 Å². The van der Waals surface area contributed by atoms with Crippen LogP contribution in [0.25, 0.3) is 0 Å². The van der Waals surface area contributed by atoms with Crippen LogP contribution in [-0.2, 0) is 21.9 Å². The average molecular weight is 289 g/mol. The minimum Gasteiger partial charge on any atom is -0.480 e. The molecule has 1 aromatic rings. The molecule has 1 atom stereocenters. The van der Waals surface area contributed by atoms with Gasteiger partial charge in [-0.2, -0.15) is 4.31 Å². The number of nitrogens with zero attached hydrogens (tertiary/aromatic N) is 3. The van der Waals surface area contributed by atoms with E-state index in [0.29, 0.717) is 12.2 Å². The van der Waals surface area contributed by atoms with Gasteiger partial charge in [0.1, 0.15) is 12.4 Å². The van der Waals surface area contributed by atoms with Crippen molar-refractivity contribution in [3.63, 3.8) is 0 Å². The van der Waals surface area contributed by atoms with Gasteiger partial charge in [-0.05, 0) is 20.3 Å². The quantitative estimate of drug-likeness (QED) is 0.828. The number of sulfonamides is 1. The highest BCUT2D eigenvalue weighted by Crippen LogP contribution is 2.18. The zero-order valence-corrected chi connectivity index (χ0v) is 12.3. The van der Waals surface area contributed by atoms with Crippen molar-refractivity contribution >= 4 is 16.0 Å². The van der Waals surface area contributed by atoms with Crippen LogP contribution in [0.2, 0.25) is 0 Å². The molecule has 0 aliphatic heterocycles. The van der Waals surface area contributed by atoms with E-state index in [1.165, 1.54) is 6.20 Å². The highest BCUT2D eigenvalue weighted by Gasteiger charge is 2.32. The first-order valence-corrected chi connectivity index (χ1v) is 7.37. The zero-order chi connectivity index (χ0) is 14.8. The Morgan fingerprint density at radius 3 is 2.53 bits per heavy atom. The lowest BCUT2D eigenvalue weighted by molar-refractivity contribution is -0.137. The lowest BCUT2D eigenvalue weighted by atomic mass is 10.2. The van der Waals surface area contributed by atoms with Gasteiger partial charge in [-0.15, -0.1) is 0 Å². The van der Waals surface area contributed by atoms with Gasteiger partial charge >= 0.3 is 5.97 Å². The van der Waals surface area contributed by atoms with Crippen LogP contribution in [0, 0.1) is 6.92 Å². The van der Waals surface area contributed by atoms with Gasteiger partial charge < -0.3 is 9.67 Å². The van der Waals surface area contributed by atoms with Gasteiger partial charge in [0.2, 0.25) is 0 Å². The SMILES string of the molecule is CCC(C)N(CC(=O)O)S(=O)(=O)c1cn(C)c(C)n1. The van der Waals surface area contributed by atoms with Crippen LogP contribution in [-0.4, -0.2) is 45.9 Å². The molecular weight excluding hydrogens is 270 g/mol. The molecular formula is C11H19N3O4S. The van der Waals surface area contributed by atoms with Gasteiger partial charge in [0.15, 0.2) is 5.03 Å². The number of hydrogen-bond donors (Lipinski definition) is 1. The van der Waals surface area contributed by atoms with Crippen molar-refractivity contribution in [1.29, 1.82) is 0 Å². The first kappa shape index (κ1) is 15.6. The number of hydrogen-bond acceptors (Lipinski definition) is 4. The number of carbonyl (C=O) groups is 1.